The first-order valence-corrected chi connectivity index (χ1v) is 18.6. The van der Waals surface area contributed by atoms with Gasteiger partial charge in [-0.2, -0.15) is 13.2 Å². The van der Waals surface area contributed by atoms with Crippen LogP contribution < -0.4 is 0 Å². The molecule has 4 nitrogen and oxygen atoms in total. The van der Waals surface area contributed by atoms with Crippen LogP contribution in [0.15, 0.2) is 160 Å². The number of nitrogens with zero attached hydrogens (tertiary/aromatic N) is 2. The summed E-state index contributed by atoms with van der Waals surface area (Å²) in [6.07, 6.45) is -4.87. The van der Waals surface area contributed by atoms with Gasteiger partial charge in [0, 0.05) is 37.9 Å². The van der Waals surface area contributed by atoms with Crippen molar-refractivity contribution in [2.45, 2.75) is 6.18 Å². The first-order valence-electron chi connectivity index (χ1n) is 18.6. The van der Waals surface area contributed by atoms with Crippen molar-refractivity contribution < 1.29 is 30.8 Å². The van der Waals surface area contributed by atoms with Crippen LogP contribution in [0, 0.1) is 11.6 Å². The molecular weight excluding hydrogens is 744 g/mol. The highest BCUT2D eigenvalue weighted by molar-refractivity contribution is 6.26. The zero-order valence-electron chi connectivity index (χ0n) is 30.0. The van der Waals surface area contributed by atoms with Crippen molar-refractivity contribution in [2.24, 2.45) is 0 Å². The average molecular weight is 769 g/mol. The van der Waals surface area contributed by atoms with E-state index in [1.807, 2.05) is 109 Å². The Morgan fingerprint density at radius 2 is 0.828 bits per heavy atom. The number of alkyl halides is 3. The van der Waals surface area contributed by atoms with Crippen LogP contribution in [0.1, 0.15) is 5.56 Å². The van der Waals surface area contributed by atoms with E-state index in [0.29, 0.717) is 55.2 Å². The molecule has 0 bridgehead atoms. The second kappa shape index (κ2) is 11.6. The molecule has 0 aliphatic rings. The van der Waals surface area contributed by atoms with Crippen LogP contribution in [0.4, 0.5) is 22.0 Å². The van der Waals surface area contributed by atoms with E-state index in [1.54, 1.807) is 21.3 Å². The smallest absolute Gasteiger partial charge is 0.416 e. The number of halogens is 5. The lowest BCUT2D eigenvalue weighted by atomic mass is 9.96. The molecular formula is C49H25F5N2O2. The average Bonchev–Trinajstić information content (AvgIpc) is 3.98. The third-order valence-corrected chi connectivity index (χ3v) is 11.5. The predicted octanol–water partition coefficient (Wildman–Crippen LogP) is 14.6. The van der Waals surface area contributed by atoms with Crippen molar-refractivity contribution in [2.75, 3.05) is 0 Å². The fourth-order valence-corrected chi connectivity index (χ4v) is 9.15. The molecule has 0 spiro atoms. The Labute approximate surface area is 324 Å². The van der Waals surface area contributed by atoms with Gasteiger partial charge in [0.05, 0.1) is 55.3 Å². The lowest BCUT2D eigenvalue weighted by molar-refractivity contribution is -0.137. The Morgan fingerprint density at radius 3 is 1.29 bits per heavy atom. The van der Waals surface area contributed by atoms with Crippen LogP contribution in [-0.4, -0.2) is 9.13 Å². The maximum Gasteiger partial charge on any atom is 0.416 e. The van der Waals surface area contributed by atoms with Crippen molar-refractivity contribution in [3.63, 3.8) is 0 Å². The van der Waals surface area contributed by atoms with Crippen molar-refractivity contribution in [1.29, 1.82) is 0 Å². The van der Waals surface area contributed by atoms with Crippen molar-refractivity contribution in [3.8, 4) is 22.5 Å². The minimum Gasteiger partial charge on any atom is -0.456 e. The van der Waals surface area contributed by atoms with E-state index in [-0.39, 0.29) is 16.9 Å². The van der Waals surface area contributed by atoms with Crippen molar-refractivity contribution >= 4 is 87.5 Å². The lowest BCUT2D eigenvalue weighted by Crippen LogP contribution is -2.12. The van der Waals surface area contributed by atoms with Gasteiger partial charge in [-0.1, -0.05) is 78.9 Å². The second-order valence-electron chi connectivity index (χ2n) is 14.6. The summed E-state index contributed by atoms with van der Waals surface area (Å²) in [6.45, 7) is 0. The number of aromatic nitrogens is 2. The molecule has 8 aromatic carbocycles. The maximum absolute atomic E-state index is 16.7. The Hall–Kier alpha value is -7.39. The molecule has 0 fully saturated rings. The number of fused-ring (bicyclic) bond motifs is 14. The first kappa shape index (κ1) is 32.8. The summed E-state index contributed by atoms with van der Waals surface area (Å²) in [4.78, 5) is 0. The summed E-state index contributed by atoms with van der Waals surface area (Å²) in [7, 11) is 0. The normalized spacial score (nSPS) is 12.6. The Balaban J connectivity index is 1.37. The summed E-state index contributed by atoms with van der Waals surface area (Å²) in [6, 6.07) is 42.6. The molecule has 0 radical (unpaired) electrons. The summed E-state index contributed by atoms with van der Waals surface area (Å²) < 4.78 is 96.2. The van der Waals surface area contributed by atoms with E-state index >= 15 is 22.0 Å². The van der Waals surface area contributed by atoms with Gasteiger partial charge in [-0.15, -0.1) is 0 Å². The molecule has 4 aromatic heterocycles. The molecule has 0 saturated carbocycles. The third kappa shape index (κ3) is 4.38. The highest BCUT2D eigenvalue weighted by atomic mass is 19.4. The lowest BCUT2D eigenvalue weighted by Gasteiger charge is -2.23. The largest absolute Gasteiger partial charge is 0.456 e. The van der Waals surface area contributed by atoms with E-state index in [4.69, 9.17) is 8.83 Å². The summed E-state index contributed by atoms with van der Waals surface area (Å²) in [5, 5.41) is 5.76. The van der Waals surface area contributed by atoms with Crippen LogP contribution in [0.2, 0.25) is 0 Å². The summed E-state index contributed by atoms with van der Waals surface area (Å²) in [5.41, 5.74) is 2.73. The molecule has 9 heteroatoms. The zero-order valence-corrected chi connectivity index (χ0v) is 30.0. The molecule has 0 amide bonds. The van der Waals surface area contributed by atoms with E-state index in [9.17, 15) is 0 Å². The van der Waals surface area contributed by atoms with E-state index in [2.05, 4.69) is 0 Å². The Bertz CT molecular complexity index is 3480. The number of para-hydroxylation sites is 4. The number of hydrogen-bond acceptors (Lipinski definition) is 2. The van der Waals surface area contributed by atoms with Gasteiger partial charge in [0.15, 0.2) is 0 Å². The molecule has 4 heterocycles. The van der Waals surface area contributed by atoms with Gasteiger partial charge in [-0.3, -0.25) is 0 Å². The summed E-state index contributed by atoms with van der Waals surface area (Å²) >= 11 is 0. The predicted molar refractivity (Wildman–Crippen MR) is 220 cm³/mol. The fraction of sp³-hybridized carbons (Fsp3) is 0.0204. The minimum atomic E-state index is -4.87. The topological polar surface area (TPSA) is 36.1 Å². The van der Waals surface area contributed by atoms with Crippen LogP contribution in [0.25, 0.3) is 110 Å². The van der Waals surface area contributed by atoms with Gasteiger partial charge in [-0.05, 0) is 72.8 Å². The third-order valence-electron chi connectivity index (χ3n) is 11.5. The molecule has 0 aliphatic carbocycles. The highest BCUT2D eigenvalue weighted by Gasteiger charge is 2.36. The van der Waals surface area contributed by atoms with Gasteiger partial charge >= 0.3 is 6.18 Å². The molecule has 12 rings (SSSR count). The molecule has 12 aromatic rings. The van der Waals surface area contributed by atoms with Gasteiger partial charge in [0.2, 0.25) is 0 Å². The fourth-order valence-electron chi connectivity index (χ4n) is 9.15. The minimum absolute atomic E-state index is 0.0621. The monoisotopic (exact) mass is 768 g/mol. The summed E-state index contributed by atoms with van der Waals surface area (Å²) in [5.74, 6) is -1.86. The molecule has 0 aliphatic heterocycles. The SMILES string of the molecule is Fc1cccc(F)c1-c1c(-n2c3ccccc3c3ccc4oc5ccccc5c4c32)cc(C(F)(F)F)cc1-n1c2ccccc2c2ccc3oc4ccccc4c3c21. The van der Waals surface area contributed by atoms with Crippen LogP contribution in [0.3, 0.4) is 0 Å². The van der Waals surface area contributed by atoms with Gasteiger partial charge < -0.3 is 18.0 Å². The second-order valence-corrected chi connectivity index (χ2v) is 14.6. The molecule has 0 unspecified atom stereocenters. The van der Waals surface area contributed by atoms with E-state index in [0.717, 1.165) is 56.6 Å². The first-order chi connectivity index (χ1) is 28.3. The van der Waals surface area contributed by atoms with Gasteiger partial charge in [0.1, 0.15) is 34.0 Å². The van der Waals surface area contributed by atoms with Crippen LogP contribution in [0.5, 0.6) is 0 Å². The van der Waals surface area contributed by atoms with Gasteiger partial charge in [0.25, 0.3) is 0 Å². The van der Waals surface area contributed by atoms with Crippen LogP contribution in [-0.2, 0) is 6.18 Å². The van der Waals surface area contributed by atoms with Crippen LogP contribution >= 0.6 is 0 Å². The number of rotatable bonds is 3. The molecule has 0 N–H and O–H groups in total. The van der Waals surface area contributed by atoms with E-state index in [1.165, 1.54) is 6.07 Å². The van der Waals surface area contributed by atoms with E-state index < -0.39 is 28.9 Å². The van der Waals surface area contributed by atoms with Crippen molar-refractivity contribution in [3.05, 3.63) is 169 Å². The molecule has 0 saturated heterocycles. The number of furan rings is 2. The zero-order chi connectivity index (χ0) is 39.0. The molecule has 58 heavy (non-hydrogen) atoms. The Morgan fingerprint density at radius 1 is 0.397 bits per heavy atom. The maximum atomic E-state index is 16.7. The Kier molecular flexibility index (Phi) is 6.55. The highest BCUT2D eigenvalue weighted by Crippen LogP contribution is 2.49. The van der Waals surface area contributed by atoms with Gasteiger partial charge in [-0.25, -0.2) is 8.78 Å². The molecule has 278 valence electrons. The standard InChI is InChI=1S/C49H25F5N2O2/c50-33-14-9-15-34(51)45(33)46-37(55-35-16-5-1-10-27(35)29-20-22-41-43(47(29)55)31-12-3-7-18-39(31)57-41)24-26(49(52,53)54)25-38(46)56-36-17-6-2-11-28(36)30-21-23-42-44(48(30)56)32-13-4-8-19-40(32)58-42/h1-25H. The quantitative estimate of drug-likeness (QED) is 0.168. The van der Waals surface area contributed by atoms with Crippen molar-refractivity contribution in [1.82, 2.24) is 9.13 Å². The number of benzene rings is 8. The number of hydrogen-bond donors (Lipinski definition) is 0. The molecule has 0 atom stereocenters.